The van der Waals surface area contributed by atoms with Crippen LogP contribution in [0.5, 0.6) is 0 Å². The van der Waals surface area contributed by atoms with E-state index in [4.69, 9.17) is 10.5 Å². The Hall–Kier alpha value is -0.880. The van der Waals surface area contributed by atoms with E-state index in [1.165, 1.54) is 41.9 Å². The molecule has 0 atom stereocenters. The first kappa shape index (κ1) is 13.1. The number of thioether (sulfide) groups is 1. The van der Waals surface area contributed by atoms with Crippen LogP contribution in [0.2, 0.25) is 0 Å². The summed E-state index contributed by atoms with van der Waals surface area (Å²) in [4.78, 5) is 14.8. The Morgan fingerprint density at radius 3 is 2.63 bits per heavy atom. The largest absolute Gasteiger partial charge is 0.465 e. The summed E-state index contributed by atoms with van der Waals surface area (Å²) in [5.41, 5.74) is 8.07. The van der Waals surface area contributed by atoms with Gasteiger partial charge in [-0.2, -0.15) is 11.8 Å². The van der Waals surface area contributed by atoms with Gasteiger partial charge in [0.1, 0.15) is 4.88 Å². The van der Waals surface area contributed by atoms with Crippen LogP contribution in [0.1, 0.15) is 34.0 Å². The molecule has 0 bridgehead atoms. The Morgan fingerprint density at radius 2 is 2.05 bits per heavy atom. The van der Waals surface area contributed by atoms with Gasteiger partial charge in [0.2, 0.25) is 0 Å². The number of esters is 1. The average Bonchev–Trinajstić information content (AvgIpc) is 3.22. The summed E-state index contributed by atoms with van der Waals surface area (Å²) in [7, 11) is 1.41. The van der Waals surface area contributed by atoms with E-state index in [9.17, 15) is 4.79 Å². The van der Waals surface area contributed by atoms with E-state index in [0.717, 1.165) is 24.6 Å². The molecule has 1 aliphatic carbocycles. The molecule has 0 amide bonds. The summed E-state index contributed by atoms with van der Waals surface area (Å²) in [6.45, 7) is 2.09. The topological polar surface area (TPSA) is 55.6 Å². The lowest BCUT2D eigenvalue weighted by Gasteiger charge is -2.28. The first-order valence-electron chi connectivity index (χ1n) is 6.55. The molecule has 104 valence electrons. The van der Waals surface area contributed by atoms with Crippen LogP contribution < -0.4 is 10.6 Å². The normalized spacial score (nSPS) is 19.5. The minimum atomic E-state index is -0.304. The number of nitrogens with zero attached hydrogens (tertiary/aromatic N) is 1. The minimum Gasteiger partial charge on any atom is -0.465 e. The minimum absolute atomic E-state index is 0.304. The predicted molar refractivity (Wildman–Crippen MR) is 81.6 cm³/mol. The number of ether oxygens (including phenoxy) is 1. The molecule has 1 aromatic heterocycles. The quantitative estimate of drug-likeness (QED) is 0.869. The molecule has 3 rings (SSSR count). The predicted octanol–water partition coefficient (Wildman–Crippen LogP) is 2.55. The fourth-order valence-electron chi connectivity index (χ4n) is 2.46. The molecule has 4 nitrogen and oxygen atoms in total. The number of hydrogen-bond donors (Lipinski definition) is 1. The summed E-state index contributed by atoms with van der Waals surface area (Å²) < 4.78 is 4.84. The molecule has 2 aliphatic rings. The van der Waals surface area contributed by atoms with E-state index < -0.39 is 0 Å². The Kier molecular flexibility index (Phi) is 3.62. The Labute approximate surface area is 121 Å². The van der Waals surface area contributed by atoms with Gasteiger partial charge in [0.25, 0.3) is 0 Å². The highest BCUT2D eigenvalue weighted by Crippen LogP contribution is 2.52. The van der Waals surface area contributed by atoms with Gasteiger partial charge in [-0.05, 0) is 18.8 Å². The molecule has 0 unspecified atom stereocenters. The molecule has 1 saturated heterocycles. The summed E-state index contributed by atoms with van der Waals surface area (Å²) in [5.74, 6) is 2.55. The molecule has 2 N–H and O–H groups in total. The Morgan fingerprint density at radius 1 is 1.37 bits per heavy atom. The molecule has 1 aliphatic heterocycles. The molecular weight excluding hydrogens is 280 g/mol. The molecule has 2 heterocycles. The van der Waals surface area contributed by atoms with Crippen LogP contribution in [-0.4, -0.2) is 37.7 Å². The second kappa shape index (κ2) is 5.25. The lowest BCUT2D eigenvalue weighted by molar-refractivity contribution is 0.0607. The first-order chi connectivity index (χ1) is 9.22. The molecule has 1 saturated carbocycles. The number of carbonyl (C=O) groups excluding carboxylic acids is 1. The first-order valence-corrected chi connectivity index (χ1v) is 8.52. The summed E-state index contributed by atoms with van der Waals surface area (Å²) in [6.07, 6.45) is 2.38. The number of anilines is 2. The van der Waals surface area contributed by atoms with Crippen molar-refractivity contribution in [3.05, 3.63) is 10.4 Å². The molecule has 0 spiro atoms. The van der Waals surface area contributed by atoms with E-state index in [2.05, 4.69) is 4.90 Å². The monoisotopic (exact) mass is 298 g/mol. The fraction of sp³-hybridized carbons (Fsp3) is 0.615. The van der Waals surface area contributed by atoms with Gasteiger partial charge in [0.15, 0.2) is 0 Å². The van der Waals surface area contributed by atoms with Crippen molar-refractivity contribution in [1.82, 2.24) is 0 Å². The van der Waals surface area contributed by atoms with Crippen molar-refractivity contribution >= 4 is 39.8 Å². The maximum atomic E-state index is 11.8. The standard InChI is InChI=1S/C13H18N2O2S2/c1-17-13(16)11-10(14)9(8-2-3-8)12(19-11)15-4-6-18-7-5-15/h8H,2-7,14H2,1H3. The zero-order valence-corrected chi connectivity index (χ0v) is 12.6. The van der Waals surface area contributed by atoms with Crippen LogP contribution in [-0.2, 0) is 4.74 Å². The number of methoxy groups -OCH3 is 1. The number of carbonyl (C=O) groups is 1. The Balaban J connectivity index is 1.99. The number of hydrogen-bond acceptors (Lipinski definition) is 6. The number of thiophene rings is 1. The Bertz CT molecular complexity index is 491. The van der Waals surface area contributed by atoms with Gasteiger partial charge in [-0.3, -0.25) is 0 Å². The smallest absolute Gasteiger partial charge is 0.350 e. The van der Waals surface area contributed by atoms with E-state index in [0.29, 0.717) is 16.5 Å². The zero-order valence-electron chi connectivity index (χ0n) is 11.0. The van der Waals surface area contributed by atoms with Crippen LogP contribution >= 0.6 is 23.1 Å². The average molecular weight is 298 g/mol. The van der Waals surface area contributed by atoms with Gasteiger partial charge >= 0.3 is 5.97 Å². The van der Waals surface area contributed by atoms with Crippen LogP contribution in [0.15, 0.2) is 0 Å². The van der Waals surface area contributed by atoms with Crippen LogP contribution in [0, 0.1) is 0 Å². The summed E-state index contributed by atoms with van der Waals surface area (Å²) >= 11 is 3.50. The van der Waals surface area contributed by atoms with Crippen molar-refractivity contribution in [3.63, 3.8) is 0 Å². The van der Waals surface area contributed by atoms with Crippen LogP contribution in [0.25, 0.3) is 0 Å². The molecule has 6 heteroatoms. The van der Waals surface area contributed by atoms with Crippen LogP contribution in [0.3, 0.4) is 0 Å². The number of nitrogens with two attached hydrogens (primary N) is 1. The number of rotatable bonds is 3. The second-order valence-electron chi connectivity index (χ2n) is 4.93. The lowest BCUT2D eigenvalue weighted by atomic mass is 10.1. The summed E-state index contributed by atoms with van der Waals surface area (Å²) in [6, 6.07) is 0. The molecular formula is C13H18N2O2S2. The van der Waals surface area contributed by atoms with E-state index >= 15 is 0 Å². The van der Waals surface area contributed by atoms with Crippen molar-refractivity contribution in [3.8, 4) is 0 Å². The van der Waals surface area contributed by atoms with Gasteiger partial charge in [0.05, 0.1) is 17.8 Å². The van der Waals surface area contributed by atoms with E-state index in [1.54, 1.807) is 0 Å². The third-order valence-electron chi connectivity index (χ3n) is 3.62. The molecule has 2 fully saturated rings. The molecule has 1 aromatic rings. The van der Waals surface area contributed by atoms with Gasteiger partial charge in [-0.15, -0.1) is 11.3 Å². The summed E-state index contributed by atoms with van der Waals surface area (Å²) in [5, 5.41) is 1.21. The van der Waals surface area contributed by atoms with Gasteiger partial charge < -0.3 is 15.4 Å². The van der Waals surface area contributed by atoms with Gasteiger partial charge in [-0.1, -0.05) is 0 Å². The van der Waals surface area contributed by atoms with Crippen LogP contribution in [0.4, 0.5) is 10.7 Å². The van der Waals surface area contributed by atoms with Crippen molar-refractivity contribution < 1.29 is 9.53 Å². The van der Waals surface area contributed by atoms with Gasteiger partial charge in [0, 0.05) is 30.2 Å². The highest BCUT2D eigenvalue weighted by atomic mass is 32.2. The highest BCUT2D eigenvalue weighted by Gasteiger charge is 2.35. The van der Waals surface area contributed by atoms with Gasteiger partial charge in [-0.25, -0.2) is 4.79 Å². The highest BCUT2D eigenvalue weighted by molar-refractivity contribution is 7.99. The van der Waals surface area contributed by atoms with Crippen molar-refractivity contribution in [2.24, 2.45) is 0 Å². The maximum Gasteiger partial charge on any atom is 0.350 e. The van der Waals surface area contributed by atoms with E-state index in [1.807, 2.05) is 11.8 Å². The SMILES string of the molecule is COC(=O)c1sc(N2CCSCC2)c(C2CC2)c1N. The van der Waals surface area contributed by atoms with E-state index in [-0.39, 0.29) is 5.97 Å². The van der Waals surface area contributed by atoms with Crippen molar-refractivity contribution in [2.75, 3.05) is 42.3 Å². The number of nitrogen functional groups attached to an aromatic ring is 1. The fourth-order valence-corrected chi connectivity index (χ4v) is 4.64. The third kappa shape index (κ3) is 2.43. The lowest BCUT2D eigenvalue weighted by Crippen LogP contribution is -2.32. The maximum absolute atomic E-state index is 11.8. The zero-order chi connectivity index (χ0) is 13.4. The molecule has 0 aromatic carbocycles. The third-order valence-corrected chi connectivity index (χ3v) is 5.82. The molecule has 0 radical (unpaired) electrons. The van der Waals surface area contributed by atoms with Crippen molar-refractivity contribution in [2.45, 2.75) is 18.8 Å². The molecule has 19 heavy (non-hydrogen) atoms. The van der Waals surface area contributed by atoms with Crippen molar-refractivity contribution in [1.29, 1.82) is 0 Å². The second-order valence-corrected chi connectivity index (χ2v) is 7.15.